The van der Waals surface area contributed by atoms with Crippen LogP contribution in [0.2, 0.25) is 5.02 Å². The first-order valence-corrected chi connectivity index (χ1v) is 6.95. The third-order valence-electron chi connectivity index (χ3n) is 3.48. The minimum atomic E-state index is -0.939. The number of rotatable bonds is 1. The Balaban J connectivity index is 2.30. The SMILES string of the molecule is Cc1c(Cl)ccc2c1C(c1ccccc1)=NC(N)C(=O)N2. The number of nitrogens with two attached hydrogens (primary N) is 1. The first kappa shape index (κ1) is 13.8. The van der Waals surface area contributed by atoms with Gasteiger partial charge in [-0.2, -0.15) is 0 Å². The predicted octanol–water partition coefficient (Wildman–Crippen LogP) is 2.72. The van der Waals surface area contributed by atoms with Gasteiger partial charge in [0, 0.05) is 16.1 Å². The van der Waals surface area contributed by atoms with Gasteiger partial charge in [-0.3, -0.25) is 9.79 Å². The second kappa shape index (κ2) is 5.31. The summed E-state index contributed by atoms with van der Waals surface area (Å²) < 4.78 is 0. The molecule has 1 heterocycles. The van der Waals surface area contributed by atoms with Crippen LogP contribution < -0.4 is 11.1 Å². The van der Waals surface area contributed by atoms with Crippen molar-refractivity contribution in [3.8, 4) is 0 Å². The molecule has 2 aromatic rings. The highest BCUT2D eigenvalue weighted by atomic mass is 35.5. The molecular weight excluding hydrogens is 286 g/mol. The van der Waals surface area contributed by atoms with Crippen LogP contribution in [0.25, 0.3) is 0 Å². The maximum atomic E-state index is 12.0. The molecule has 3 N–H and O–H groups in total. The number of nitrogens with zero attached hydrogens (tertiary/aromatic N) is 1. The van der Waals surface area contributed by atoms with Crippen molar-refractivity contribution in [3.63, 3.8) is 0 Å². The van der Waals surface area contributed by atoms with Crippen LogP contribution in [0, 0.1) is 6.92 Å². The van der Waals surface area contributed by atoms with E-state index < -0.39 is 6.17 Å². The average Bonchev–Trinajstić information content (AvgIpc) is 2.62. The Kier molecular flexibility index (Phi) is 3.49. The van der Waals surface area contributed by atoms with Crippen molar-refractivity contribution in [3.05, 3.63) is 64.2 Å². The molecule has 2 aromatic carbocycles. The Bertz CT molecular complexity index is 741. The van der Waals surface area contributed by atoms with Gasteiger partial charge in [-0.05, 0) is 24.6 Å². The molecule has 0 saturated heterocycles. The maximum Gasteiger partial charge on any atom is 0.263 e. The van der Waals surface area contributed by atoms with Gasteiger partial charge in [-0.1, -0.05) is 41.9 Å². The maximum absolute atomic E-state index is 12.0. The zero-order valence-electron chi connectivity index (χ0n) is 11.4. The molecule has 106 valence electrons. The summed E-state index contributed by atoms with van der Waals surface area (Å²) in [4.78, 5) is 16.4. The summed E-state index contributed by atoms with van der Waals surface area (Å²) in [5.74, 6) is -0.330. The lowest BCUT2D eigenvalue weighted by Crippen LogP contribution is -2.33. The molecular formula is C16H14ClN3O. The molecule has 1 aliphatic heterocycles. The number of halogens is 1. The fourth-order valence-electron chi connectivity index (χ4n) is 2.38. The Morgan fingerprint density at radius 1 is 1.19 bits per heavy atom. The van der Waals surface area contributed by atoms with E-state index >= 15 is 0 Å². The lowest BCUT2D eigenvalue weighted by Gasteiger charge is -2.14. The summed E-state index contributed by atoms with van der Waals surface area (Å²) >= 11 is 6.23. The van der Waals surface area contributed by atoms with Crippen LogP contribution in [0.5, 0.6) is 0 Å². The second-order valence-electron chi connectivity index (χ2n) is 4.87. The van der Waals surface area contributed by atoms with Gasteiger partial charge in [-0.15, -0.1) is 0 Å². The number of benzene rings is 2. The Hall–Kier alpha value is -2.17. The zero-order valence-corrected chi connectivity index (χ0v) is 12.2. The van der Waals surface area contributed by atoms with Crippen molar-refractivity contribution >= 4 is 28.9 Å². The number of hydrogen-bond acceptors (Lipinski definition) is 3. The van der Waals surface area contributed by atoms with E-state index in [9.17, 15) is 4.79 Å². The molecule has 0 saturated carbocycles. The van der Waals surface area contributed by atoms with Crippen molar-refractivity contribution in [2.75, 3.05) is 5.32 Å². The Morgan fingerprint density at radius 2 is 1.90 bits per heavy atom. The molecule has 0 aliphatic carbocycles. The van der Waals surface area contributed by atoms with E-state index in [1.165, 1.54) is 0 Å². The lowest BCUT2D eigenvalue weighted by atomic mass is 9.96. The van der Waals surface area contributed by atoms with Gasteiger partial charge in [0.15, 0.2) is 6.17 Å². The summed E-state index contributed by atoms with van der Waals surface area (Å²) in [6.07, 6.45) is -0.939. The molecule has 1 amide bonds. The van der Waals surface area contributed by atoms with E-state index in [2.05, 4.69) is 10.3 Å². The molecule has 1 unspecified atom stereocenters. The summed E-state index contributed by atoms with van der Waals surface area (Å²) in [6, 6.07) is 13.2. The third-order valence-corrected chi connectivity index (χ3v) is 3.89. The van der Waals surface area contributed by atoms with Crippen LogP contribution in [-0.2, 0) is 4.79 Å². The normalized spacial score (nSPS) is 17.6. The monoisotopic (exact) mass is 299 g/mol. The molecule has 0 spiro atoms. The van der Waals surface area contributed by atoms with Crippen molar-refractivity contribution in [2.45, 2.75) is 13.1 Å². The first-order valence-electron chi connectivity index (χ1n) is 6.57. The van der Waals surface area contributed by atoms with E-state index in [-0.39, 0.29) is 5.91 Å². The predicted molar refractivity (Wildman–Crippen MR) is 84.9 cm³/mol. The molecule has 0 bridgehead atoms. The van der Waals surface area contributed by atoms with E-state index in [0.29, 0.717) is 16.4 Å². The summed E-state index contributed by atoms with van der Waals surface area (Å²) in [5.41, 5.74) is 9.78. The van der Waals surface area contributed by atoms with Crippen molar-refractivity contribution in [1.82, 2.24) is 0 Å². The fraction of sp³-hybridized carbons (Fsp3) is 0.125. The van der Waals surface area contributed by atoms with E-state index in [1.807, 2.05) is 37.3 Å². The Morgan fingerprint density at radius 3 is 2.62 bits per heavy atom. The quantitative estimate of drug-likeness (QED) is 0.850. The Labute approximate surface area is 127 Å². The van der Waals surface area contributed by atoms with Crippen LogP contribution in [0.4, 0.5) is 5.69 Å². The van der Waals surface area contributed by atoms with Gasteiger partial charge in [-0.25, -0.2) is 0 Å². The second-order valence-corrected chi connectivity index (χ2v) is 5.28. The highest BCUT2D eigenvalue weighted by Gasteiger charge is 2.25. The molecule has 0 radical (unpaired) electrons. The topological polar surface area (TPSA) is 67.5 Å². The largest absolute Gasteiger partial charge is 0.322 e. The molecule has 1 atom stereocenters. The van der Waals surface area contributed by atoms with Gasteiger partial charge >= 0.3 is 0 Å². The van der Waals surface area contributed by atoms with E-state index in [1.54, 1.807) is 12.1 Å². The van der Waals surface area contributed by atoms with Crippen LogP contribution in [0.3, 0.4) is 0 Å². The molecule has 1 aliphatic rings. The van der Waals surface area contributed by atoms with Crippen LogP contribution in [0.1, 0.15) is 16.7 Å². The van der Waals surface area contributed by atoms with Crippen molar-refractivity contribution in [1.29, 1.82) is 0 Å². The fourth-order valence-corrected chi connectivity index (χ4v) is 2.54. The van der Waals surface area contributed by atoms with Crippen LogP contribution in [0.15, 0.2) is 47.5 Å². The van der Waals surface area contributed by atoms with Gasteiger partial charge in [0.25, 0.3) is 5.91 Å². The molecule has 3 rings (SSSR count). The minimum Gasteiger partial charge on any atom is -0.322 e. The van der Waals surface area contributed by atoms with Gasteiger partial charge < -0.3 is 11.1 Å². The number of amides is 1. The van der Waals surface area contributed by atoms with Crippen molar-refractivity contribution < 1.29 is 4.79 Å². The minimum absolute atomic E-state index is 0.330. The molecule has 5 heteroatoms. The first-order chi connectivity index (χ1) is 10.1. The molecule has 4 nitrogen and oxygen atoms in total. The molecule has 0 aromatic heterocycles. The van der Waals surface area contributed by atoms with Crippen molar-refractivity contribution in [2.24, 2.45) is 10.7 Å². The van der Waals surface area contributed by atoms with E-state index in [0.717, 1.165) is 16.7 Å². The van der Waals surface area contributed by atoms with Crippen LogP contribution in [-0.4, -0.2) is 17.8 Å². The van der Waals surface area contributed by atoms with Crippen LogP contribution >= 0.6 is 11.6 Å². The smallest absolute Gasteiger partial charge is 0.263 e. The number of nitrogens with one attached hydrogen (secondary N) is 1. The number of hydrogen-bond donors (Lipinski definition) is 2. The number of aliphatic imine (C=N–C) groups is 1. The van der Waals surface area contributed by atoms with E-state index in [4.69, 9.17) is 17.3 Å². The summed E-state index contributed by atoms with van der Waals surface area (Å²) in [7, 11) is 0. The van der Waals surface area contributed by atoms with Gasteiger partial charge in [0.05, 0.1) is 11.4 Å². The van der Waals surface area contributed by atoms with Gasteiger partial charge in [0.2, 0.25) is 0 Å². The number of carbonyl (C=O) groups is 1. The number of carbonyl (C=O) groups excluding carboxylic acids is 1. The highest BCUT2D eigenvalue weighted by molar-refractivity contribution is 6.33. The van der Waals surface area contributed by atoms with Gasteiger partial charge in [0.1, 0.15) is 0 Å². The highest BCUT2D eigenvalue weighted by Crippen LogP contribution is 2.30. The number of anilines is 1. The molecule has 21 heavy (non-hydrogen) atoms. The molecule has 0 fully saturated rings. The summed E-state index contributed by atoms with van der Waals surface area (Å²) in [5, 5.41) is 3.43. The standard InChI is InChI=1S/C16H14ClN3O/c1-9-11(17)7-8-12-13(9)14(10-5-3-2-4-6-10)20-15(18)16(21)19-12/h2-8,15H,18H2,1H3,(H,19,21). The lowest BCUT2D eigenvalue weighted by molar-refractivity contribution is -0.117. The summed E-state index contributed by atoms with van der Waals surface area (Å²) in [6.45, 7) is 1.91. The number of fused-ring (bicyclic) bond motifs is 1. The average molecular weight is 300 g/mol. The number of benzodiazepines with no additional fused rings is 1. The zero-order chi connectivity index (χ0) is 15.0. The third kappa shape index (κ3) is 2.44.